The largest absolute Gasteiger partial charge is 0.397 e. The van der Waals surface area contributed by atoms with E-state index < -0.39 is 5.60 Å². The number of anilines is 2. The van der Waals surface area contributed by atoms with Crippen LogP contribution < -0.4 is 16.2 Å². The zero-order chi connectivity index (χ0) is 25.5. The van der Waals surface area contributed by atoms with Crippen LogP contribution in [0.4, 0.5) is 11.4 Å². The molecular formula is C30H47N3O3. The van der Waals surface area contributed by atoms with Crippen molar-refractivity contribution in [3.8, 4) is 0 Å². The van der Waals surface area contributed by atoms with E-state index in [0.29, 0.717) is 43.1 Å². The number of Topliss-reactive ketones (excluding diaryl/α,β-unsaturated/α-hetero) is 1. The lowest BCUT2D eigenvalue weighted by Crippen LogP contribution is -2.53. The van der Waals surface area contributed by atoms with Gasteiger partial charge < -0.3 is 15.6 Å². The molecule has 1 aromatic rings. The lowest BCUT2D eigenvalue weighted by Gasteiger charge is -2.57. The van der Waals surface area contributed by atoms with Crippen LogP contribution >= 0.6 is 0 Å². The van der Waals surface area contributed by atoms with Gasteiger partial charge in [-0.25, -0.2) is 5.43 Å². The van der Waals surface area contributed by atoms with E-state index in [-0.39, 0.29) is 11.3 Å². The number of para-hydroxylation sites is 2. The summed E-state index contributed by atoms with van der Waals surface area (Å²) in [5.74, 6) is 4.02. The third kappa shape index (κ3) is 4.58. The van der Waals surface area contributed by atoms with E-state index in [9.17, 15) is 9.90 Å². The summed E-state index contributed by atoms with van der Waals surface area (Å²) in [6.45, 7) is 5.95. The molecule has 8 unspecified atom stereocenters. The molecule has 0 radical (unpaired) electrons. The van der Waals surface area contributed by atoms with Gasteiger partial charge in [0.25, 0.3) is 0 Å². The summed E-state index contributed by atoms with van der Waals surface area (Å²) < 4.78 is 5.64. The first-order chi connectivity index (χ1) is 17.3. The fourth-order valence-electron chi connectivity index (χ4n) is 9.20. The number of nitrogens with zero attached hydrogens (tertiary/aromatic N) is 1. The predicted molar refractivity (Wildman–Crippen MR) is 144 cm³/mol. The zero-order valence-electron chi connectivity index (χ0n) is 22.5. The highest BCUT2D eigenvalue weighted by molar-refractivity contribution is 5.87. The van der Waals surface area contributed by atoms with Gasteiger partial charge >= 0.3 is 0 Å². The van der Waals surface area contributed by atoms with Crippen molar-refractivity contribution in [3.05, 3.63) is 24.3 Å². The second kappa shape index (κ2) is 10.3. The van der Waals surface area contributed by atoms with Crippen molar-refractivity contribution < 1.29 is 14.6 Å². The van der Waals surface area contributed by atoms with E-state index in [1.54, 1.807) is 0 Å². The van der Waals surface area contributed by atoms with Crippen molar-refractivity contribution in [1.29, 1.82) is 0 Å². The number of nitrogen functional groups attached to an aromatic ring is 1. The Morgan fingerprint density at radius 1 is 1.11 bits per heavy atom. The van der Waals surface area contributed by atoms with Gasteiger partial charge in [-0.05, 0) is 112 Å². The summed E-state index contributed by atoms with van der Waals surface area (Å²) in [5, 5.41) is 13.1. The van der Waals surface area contributed by atoms with Crippen LogP contribution in [0.5, 0.6) is 0 Å². The molecule has 4 saturated carbocycles. The number of carbonyl (C=O) groups excluding carboxylic acids is 1. The smallest absolute Gasteiger partial charge is 0.157 e. The maximum atomic E-state index is 13.7. The lowest BCUT2D eigenvalue weighted by molar-refractivity contribution is -0.136. The lowest BCUT2D eigenvalue weighted by atomic mass is 9.49. The molecule has 4 aliphatic carbocycles. The number of nitrogens with one attached hydrogen (secondary N) is 1. The minimum absolute atomic E-state index is 0.108. The number of aliphatic hydroxyl groups is 1. The molecule has 0 saturated heterocycles. The summed E-state index contributed by atoms with van der Waals surface area (Å²) in [6, 6.07) is 7.75. The van der Waals surface area contributed by atoms with E-state index in [1.807, 2.05) is 43.2 Å². The second-order valence-electron chi connectivity index (χ2n) is 12.5. The van der Waals surface area contributed by atoms with Crippen LogP contribution in [0.2, 0.25) is 0 Å². The van der Waals surface area contributed by atoms with Crippen LogP contribution in [0.15, 0.2) is 24.3 Å². The maximum Gasteiger partial charge on any atom is 0.157 e. The maximum absolute atomic E-state index is 13.7. The first kappa shape index (κ1) is 26.0. The Morgan fingerprint density at radius 2 is 1.89 bits per heavy atom. The average Bonchev–Trinajstić information content (AvgIpc) is 3.23. The highest BCUT2D eigenvalue weighted by atomic mass is 16.5. The van der Waals surface area contributed by atoms with Gasteiger partial charge in [0.15, 0.2) is 5.78 Å². The molecule has 1 aromatic carbocycles. The Labute approximate surface area is 217 Å². The topological polar surface area (TPSA) is 87.8 Å². The van der Waals surface area contributed by atoms with Crippen molar-refractivity contribution in [2.75, 3.05) is 37.5 Å². The van der Waals surface area contributed by atoms with Gasteiger partial charge in [-0.15, -0.1) is 0 Å². The van der Waals surface area contributed by atoms with Crippen LogP contribution in [0.25, 0.3) is 0 Å². The predicted octanol–water partition coefficient (Wildman–Crippen LogP) is 4.82. The first-order valence-corrected chi connectivity index (χ1v) is 14.4. The third-order valence-electron chi connectivity index (χ3n) is 10.9. The number of nitrogens with two attached hydrogens (primary N) is 1. The van der Waals surface area contributed by atoms with Gasteiger partial charge in [-0.1, -0.05) is 19.1 Å². The fraction of sp³-hybridized carbons (Fsp3) is 0.767. The highest BCUT2D eigenvalue weighted by Crippen LogP contribution is 2.64. The quantitative estimate of drug-likeness (QED) is 0.353. The molecule has 0 aromatic heterocycles. The second-order valence-corrected chi connectivity index (χ2v) is 12.5. The molecule has 0 heterocycles. The van der Waals surface area contributed by atoms with Crippen LogP contribution in [0.1, 0.15) is 71.6 Å². The van der Waals surface area contributed by atoms with Gasteiger partial charge in [0, 0.05) is 19.6 Å². The number of hydrazine groups is 1. The monoisotopic (exact) mass is 497 g/mol. The minimum atomic E-state index is -0.626. The molecule has 5 rings (SSSR count). The van der Waals surface area contributed by atoms with E-state index in [0.717, 1.165) is 55.5 Å². The molecule has 200 valence electrons. The number of ether oxygens (including phenoxy) is 1. The number of carbonyl (C=O) groups is 1. The van der Waals surface area contributed by atoms with E-state index in [2.05, 4.69) is 12.3 Å². The molecule has 0 aliphatic heterocycles. The molecule has 4 aliphatic rings. The van der Waals surface area contributed by atoms with Gasteiger partial charge in [-0.3, -0.25) is 9.80 Å². The standard InChI is InChI=1S/C30H47N3O3/c1-4-36-19-30(35)16-14-21-20(17-30)9-10-23-22(21)13-15-29(2)24(23)11-12-25(29)28(34)18-33(32-3)27-8-6-5-7-26(27)31/h5-8,20-25,32,35H,4,9-19,31H2,1-3H3. The van der Waals surface area contributed by atoms with Gasteiger partial charge in [0.2, 0.25) is 0 Å². The number of benzene rings is 1. The summed E-state index contributed by atoms with van der Waals surface area (Å²) in [5.41, 5.74) is 10.4. The summed E-state index contributed by atoms with van der Waals surface area (Å²) in [6.07, 6.45) is 10.0. The van der Waals surface area contributed by atoms with Crippen LogP contribution in [-0.2, 0) is 9.53 Å². The molecule has 0 amide bonds. The number of rotatable bonds is 8. The molecule has 0 bridgehead atoms. The first-order valence-electron chi connectivity index (χ1n) is 14.4. The van der Waals surface area contributed by atoms with Crippen molar-refractivity contribution >= 4 is 17.2 Å². The summed E-state index contributed by atoms with van der Waals surface area (Å²) in [7, 11) is 1.86. The Kier molecular flexibility index (Phi) is 7.41. The van der Waals surface area contributed by atoms with Gasteiger partial charge in [0.05, 0.1) is 30.1 Å². The zero-order valence-corrected chi connectivity index (χ0v) is 22.5. The minimum Gasteiger partial charge on any atom is -0.397 e. The van der Waals surface area contributed by atoms with Crippen molar-refractivity contribution in [1.82, 2.24) is 5.43 Å². The molecule has 4 fully saturated rings. The van der Waals surface area contributed by atoms with E-state index in [1.165, 1.54) is 25.7 Å². The van der Waals surface area contributed by atoms with Gasteiger partial charge in [-0.2, -0.15) is 0 Å². The van der Waals surface area contributed by atoms with Crippen molar-refractivity contribution in [3.63, 3.8) is 0 Å². The number of hydrogen-bond acceptors (Lipinski definition) is 6. The third-order valence-corrected chi connectivity index (χ3v) is 10.9. The Morgan fingerprint density at radius 3 is 2.64 bits per heavy atom. The molecular weight excluding hydrogens is 450 g/mol. The Bertz CT molecular complexity index is 940. The van der Waals surface area contributed by atoms with Crippen molar-refractivity contribution in [2.24, 2.45) is 40.9 Å². The molecule has 6 heteroatoms. The van der Waals surface area contributed by atoms with Crippen molar-refractivity contribution in [2.45, 2.75) is 77.2 Å². The molecule has 36 heavy (non-hydrogen) atoms. The Balaban J connectivity index is 1.26. The molecule has 8 atom stereocenters. The normalized spacial score (nSPS) is 39.7. The molecule has 4 N–H and O–H groups in total. The molecule has 0 spiro atoms. The van der Waals surface area contributed by atoms with Crippen LogP contribution in [-0.4, -0.2) is 43.3 Å². The van der Waals surface area contributed by atoms with Crippen LogP contribution in [0.3, 0.4) is 0 Å². The Hall–Kier alpha value is -1.63. The fourth-order valence-corrected chi connectivity index (χ4v) is 9.20. The van der Waals surface area contributed by atoms with Crippen LogP contribution in [0, 0.1) is 40.9 Å². The number of hydrogen-bond donors (Lipinski definition) is 3. The number of ketones is 1. The highest BCUT2D eigenvalue weighted by Gasteiger charge is 2.59. The average molecular weight is 498 g/mol. The van der Waals surface area contributed by atoms with Gasteiger partial charge in [0.1, 0.15) is 0 Å². The van der Waals surface area contributed by atoms with E-state index >= 15 is 0 Å². The SMILES string of the molecule is CCOCC1(O)CCC2C(CCC3C2CCC2(C)C(C(=O)CN(NC)c4ccccc4N)CCC32)C1. The summed E-state index contributed by atoms with van der Waals surface area (Å²) >= 11 is 0. The molecule has 6 nitrogen and oxygen atoms in total. The summed E-state index contributed by atoms with van der Waals surface area (Å²) in [4.78, 5) is 13.7. The van der Waals surface area contributed by atoms with E-state index in [4.69, 9.17) is 10.5 Å². The number of fused-ring (bicyclic) bond motifs is 5.